The van der Waals surface area contributed by atoms with Gasteiger partial charge < -0.3 is 9.64 Å². The van der Waals surface area contributed by atoms with Crippen molar-refractivity contribution in [2.24, 2.45) is 0 Å². The summed E-state index contributed by atoms with van der Waals surface area (Å²) >= 11 is 0. The van der Waals surface area contributed by atoms with Crippen LogP contribution >= 0.6 is 0 Å². The van der Waals surface area contributed by atoms with Crippen LogP contribution in [0.25, 0.3) is 5.65 Å². The van der Waals surface area contributed by atoms with Gasteiger partial charge in [-0.3, -0.25) is 9.20 Å². The zero-order valence-corrected chi connectivity index (χ0v) is 13.0. The lowest BCUT2D eigenvalue weighted by atomic mass is 10.2. The number of hydrogen-bond donors (Lipinski definition) is 0. The second-order valence-electron chi connectivity index (χ2n) is 5.95. The molecule has 1 aliphatic rings. The number of hydrogen-bond acceptors (Lipinski definition) is 3. The van der Waals surface area contributed by atoms with Gasteiger partial charge in [-0.2, -0.15) is 0 Å². The van der Waals surface area contributed by atoms with Gasteiger partial charge in [-0.25, -0.2) is 4.98 Å². The number of ether oxygens (including phenoxy) is 1. The van der Waals surface area contributed by atoms with Crippen LogP contribution in [0.2, 0.25) is 0 Å². The first-order valence-corrected chi connectivity index (χ1v) is 7.35. The third kappa shape index (κ3) is 2.53. The summed E-state index contributed by atoms with van der Waals surface area (Å²) in [6.07, 6.45) is 2.11. The maximum atomic E-state index is 12.9. The largest absolute Gasteiger partial charge is 0.372 e. The number of aromatic nitrogens is 2. The summed E-state index contributed by atoms with van der Waals surface area (Å²) in [5.41, 5.74) is 3.36. The molecule has 0 aromatic carbocycles. The number of aryl methyl sites for hydroxylation is 2. The Balaban J connectivity index is 2.01. The van der Waals surface area contributed by atoms with E-state index in [1.54, 1.807) is 0 Å². The molecule has 0 bridgehead atoms. The zero-order valence-electron chi connectivity index (χ0n) is 13.0. The molecule has 3 heterocycles. The number of fused-ring (bicyclic) bond motifs is 1. The highest BCUT2D eigenvalue weighted by atomic mass is 16.5. The molecular formula is C16H21N3O2. The Morgan fingerprint density at radius 1 is 1.24 bits per heavy atom. The SMILES string of the molecule is Cc1ccc2nc(C)c(C(=O)N3CC(C)OC(C)C3)n2c1. The number of rotatable bonds is 1. The minimum Gasteiger partial charge on any atom is -0.372 e. The summed E-state index contributed by atoms with van der Waals surface area (Å²) in [6.45, 7) is 9.16. The maximum absolute atomic E-state index is 12.9. The topological polar surface area (TPSA) is 46.8 Å². The van der Waals surface area contributed by atoms with E-state index in [9.17, 15) is 4.79 Å². The normalized spacial score (nSPS) is 22.8. The quantitative estimate of drug-likeness (QED) is 0.808. The van der Waals surface area contributed by atoms with Gasteiger partial charge in [0.15, 0.2) is 0 Å². The van der Waals surface area contributed by atoms with Gasteiger partial charge in [-0.1, -0.05) is 6.07 Å². The van der Waals surface area contributed by atoms with Crippen molar-refractivity contribution in [1.82, 2.24) is 14.3 Å². The molecule has 2 aromatic heterocycles. The van der Waals surface area contributed by atoms with Crippen LogP contribution in [-0.2, 0) is 4.74 Å². The van der Waals surface area contributed by atoms with Crippen LogP contribution in [0.3, 0.4) is 0 Å². The summed E-state index contributed by atoms with van der Waals surface area (Å²) in [5, 5.41) is 0. The fourth-order valence-electron chi connectivity index (χ4n) is 3.02. The Hall–Kier alpha value is -1.88. The lowest BCUT2D eigenvalue weighted by Crippen LogP contribution is -2.48. The van der Waals surface area contributed by atoms with E-state index < -0.39 is 0 Å². The highest BCUT2D eigenvalue weighted by Crippen LogP contribution is 2.18. The molecule has 0 radical (unpaired) electrons. The third-order valence-corrected chi connectivity index (χ3v) is 3.85. The first kappa shape index (κ1) is 14.1. The van der Waals surface area contributed by atoms with E-state index in [-0.39, 0.29) is 18.1 Å². The Labute approximate surface area is 124 Å². The molecule has 1 aliphatic heterocycles. The number of imidazole rings is 1. The molecule has 3 rings (SSSR count). The third-order valence-electron chi connectivity index (χ3n) is 3.85. The average molecular weight is 287 g/mol. The molecule has 0 N–H and O–H groups in total. The number of carbonyl (C=O) groups excluding carboxylic acids is 1. The van der Waals surface area contributed by atoms with E-state index >= 15 is 0 Å². The molecule has 0 aliphatic carbocycles. The van der Waals surface area contributed by atoms with Crippen LogP contribution in [0.5, 0.6) is 0 Å². The van der Waals surface area contributed by atoms with Crippen molar-refractivity contribution in [2.75, 3.05) is 13.1 Å². The van der Waals surface area contributed by atoms with Crippen molar-refractivity contribution in [3.8, 4) is 0 Å². The fraction of sp³-hybridized carbons (Fsp3) is 0.500. The molecule has 2 atom stereocenters. The highest BCUT2D eigenvalue weighted by molar-refractivity contribution is 5.94. The van der Waals surface area contributed by atoms with Gasteiger partial charge in [0.1, 0.15) is 11.3 Å². The van der Waals surface area contributed by atoms with Crippen molar-refractivity contribution in [3.05, 3.63) is 35.3 Å². The lowest BCUT2D eigenvalue weighted by molar-refractivity contribution is -0.0587. The second-order valence-corrected chi connectivity index (χ2v) is 5.95. The molecule has 0 spiro atoms. The molecule has 21 heavy (non-hydrogen) atoms. The maximum Gasteiger partial charge on any atom is 0.272 e. The summed E-state index contributed by atoms with van der Waals surface area (Å²) in [7, 11) is 0. The van der Waals surface area contributed by atoms with Crippen molar-refractivity contribution in [2.45, 2.75) is 39.9 Å². The van der Waals surface area contributed by atoms with E-state index in [0.29, 0.717) is 18.8 Å². The van der Waals surface area contributed by atoms with E-state index in [1.165, 1.54) is 0 Å². The Morgan fingerprint density at radius 2 is 1.90 bits per heavy atom. The first-order valence-electron chi connectivity index (χ1n) is 7.35. The van der Waals surface area contributed by atoms with Crippen molar-refractivity contribution < 1.29 is 9.53 Å². The zero-order chi connectivity index (χ0) is 15.1. The molecule has 1 fully saturated rings. The Kier molecular flexibility index (Phi) is 3.45. The molecule has 0 saturated carbocycles. The monoisotopic (exact) mass is 287 g/mol. The first-order chi connectivity index (χ1) is 9.95. The minimum absolute atomic E-state index is 0.0348. The predicted molar refractivity (Wildman–Crippen MR) is 80.6 cm³/mol. The molecule has 2 unspecified atom stereocenters. The molecule has 5 heteroatoms. The molecule has 1 saturated heterocycles. The van der Waals surface area contributed by atoms with E-state index in [2.05, 4.69) is 4.98 Å². The smallest absolute Gasteiger partial charge is 0.272 e. The van der Waals surface area contributed by atoms with Crippen LogP contribution in [0, 0.1) is 13.8 Å². The van der Waals surface area contributed by atoms with Gasteiger partial charge in [-0.05, 0) is 39.3 Å². The number of nitrogens with zero attached hydrogens (tertiary/aromatic N) is 3. The summed E-state index contributed by atoms with van der Waals surface area (Å²) in [4.78, 5) is 19.3. The van der Waals surface area contributed by atoms with Crippen LogP contribution in [0.1, 0.15) is 35.6 Å². The van der Waals surface area contributed by atoms with E-state index in [4.69, 9.17) is 4.74 Å². The average Bonchev–Trinajstić information content (AvgIpc) is 2.72. The van der Waals surface area contributed by atoms with Crippen molar-refractivity contribution in [1.29, 1.82) is 0 Å². The van der Waals surface area contributed by atoms with E-state index in [1.807, 2.05) is 55.3 Å². The van der Waals surface area contributed by atoms with Gasteiger partial charge in [0, 0.05) is 19.3 Å². The second kappa shape index (κ2) is 5.15. The summed E-state index contributed by atoms with van der Waals surface area (Å²) in [6, 6.07) is 3.96. The standard InChI is InChI=1S/C16H21N3O2/c1-10-5-6-14-17-13(4)15(19(14)7-10)16(20)18-8-11(2)21-12(3)9-18/h5-7,11-12H,8-9H2,1-4H3. The van der Waals surface area contributed by atoms with Crippen LogP contribution < -0.4 is 0 Å². The van der Waals surface area contributed by atoms with Gasteiger partial charge in [0.2, 0.25) is 0 Å². The molecular weight excluding hydrogens is 266 g/mol. The molecule has 112 valence electrons. The van der Waals surface area contributed by atoms with Crippen LogP contribution in [0.15, 0.2) is 18.3 Å². The minimum atomic E-state index is 0.0348. The van der Waals surface area contributed by atoms with Gasteiger partial charge in [0.25, 0.3) is 5.91 Å². The van der Waals surface area contributed by atoms with Gasteiger partial charge in [0.05, 0.1) is 17.9 Å². The molecule has 1 amide bonds. The number of amides is 1. The Bertz CT molecular complexity index is 682. The summed E-state index contributed by atoms with van der Waals surface area (Å²) in [5.74, 6) is 0.0348. The van der Waals surface area contributed by atoms with Crippen molar-refractivity contribution in [3.63, 3.8) is 0 Å². The van der Waals surface area contributed by atoms with Crippen LogP contribution in [-0.4, -0.2) is 45.5 Å². The predicted octanol–water partition coefficient (Wildman–Crippen LogP) is 2.20. The lowest BCUT2D eigenvalue weighted by Gasteiger charge is -2.35. The fourth-order valence-corrected chi connectivity index (χ4v) is 3.02. The Morgan fingerprint density at radius 3 is 2.57 bits per heavy atom. The molecule has 5 nitrogen and oxygen atoms in total. The van der Waals surface area contributed by atoms with Gasteiger partial charge >= 0.3 is 0 Å². The number of morpholine rings is 1. The number of pyridine rings is 1. The van der Waals surface area contributed by atoms with E-state index in [0.717, 1.165) is 16.9 Å². The van der Waals surface area contributed by atoms with Crippen molar-refractivity contribution >= 4 is 11.6 Å². The highest BCUT2D eigenvalue weighted by Gasteiger charge is 2.29. The molecule has 2 aromatic rings. The van der Waals surface area contributed by atoms with Gasteiger partial charge in [-0.15, -0.1) is 0 Å². The number of carbonyl (C=O) groups is 1. The van der Waals surface area contributed by atoms with Crippen LogP contribution in [0.4, 0.5) is 0 Å². The summed E-state index contributed by atoms with van der Waals surface area (Å²) < 4.78 is 7.61.